The van der Waals surface area contributed by atoms with Crippen molar-refractivity contribution in [3.05, 3.63) is 71.5 Å². The molecule has 1 unspecified atom stereocenters. The van der Waals surface area contributed by atoms with Crippen molar-refractivity contribution in [1.29, 1.82) is 0 Å². The van der Waals surface area contributed by atoms with E-state index in [-0.39, 0.29) is 17.3 Å². The third kappa shape index (κ3) is 6.44. The number of pyridine rings is 1. The summed E-state index contributed by atoms with van der Waals surface area (Å²) in [7, 11) is -3.69. The van der Waals surface area contributed by atoms with Gasteiger partial charge in [0.15, 0.2) is 5.13 Å². The molecule has 1 saturated heterocycles. The number of carbonyl (C=O) groups is 1. The first-order valence-corrected chi connectivity index (χ1v) is 13.1. The molecule has 0 saturated carbocycles. The molecule has 2 N–H and O–H groups in total. The minimum Gasteiger partial charge on any atom is -0.381 e. The van der Waals surface area contributed by atoms with E-state index in [4.69, 9.17) is 4.74 Å². The molecule has 10 heteroatoms. The second kappa shape index (κ2) is 11.0. The third-order valence-electron chi connectivity index (χ3n) is 5.67. The van der Waals surface area contributed by atoms with Gasteiger partial charge in [-0.25, -0.2) is 18.1 Å². The molecule has 174 valence electrons. The summed E-state index contributed by atoms with van der Waals surface area (Å²) >= 11 is 1.36. The molecular formula is C23H26N4O4S2. The molecule has 1 fully saturated rings. The Hall–Kier alpha value is -2.66. The van der Waals surface area contributed by atoms with Crippen LogP contribution in [0.5, 0.6) is 0 Å². The van der Waals surface area contributed by atoms with E-state index in [2.05, 4.69) is 20.0 Å². The molecule has 1 atom stereocenters. The van der Waals surface area contributed by atoms with Gasteiger partial charge in [0.2, 0.25) is 15.9 Å². The van der Waals surface area contributed by atoms with Crippen LogP contribution in [-0.2, 0) is 26.1 Å². The fourth-order valence-electron chi connectivity index (χ4n) is 3.83. The van der Waals surface area contributed by atoms with E-state index < -0.39 is 15.9 Å². The smallest absolute Gasteiger partial charge is 0.240 e. The molecule has 1 aliphatic rings. The van der Waals surface area contributed by atoms with Crippen molar-refractivity contribution in [2.45, 2.75) is 36.6 Å². The van der Waals surface area contributed by atoms with Crippen molar-refractivity contribution in [3.63, 3.8) is 0 Å². The molecule has 0 radical (unpaired) electrons. The summed E-state index contributed by atoms with van der Waals surface area (Å²) < 4.78 is 33.5. The lowest BCUT2D eigenvalue weighted by molar-refractivity contribution is -0.118. The van der Waals surface area contributed by atoms with Crippen LogP contribution in [0.1, 0.15) is 36.3 Å². The van der Waals surface area contributed by atoms with Crippen LogP contribution in [0.2, 0.25) is 0 Å². The summed E-state index contributed by atoms with van der Waals surface area (Å²) in [5.41, 5.74) is 1.55. The van der Waals surface area contributed by atoms with Gasteiger partial charge in [-0.05, 0) is 54.5 Å². The van der Waals surface area contributed by atoms with Gasteiger partial charge in [0.05, 0.1) is 10.8 Å². The molecule has 1 aromatic carbocycles. The van der Waals surface area contributed by atoms with Crippen LogP contribution in [0, 0.1) is 5.92 Å². The maximum atomic E-state index is 13.1. The number of ether oxygens (including phenoxy) is 1. The van der Waals surface area contributed by atoms with Crippen molar-refractivity contribution in [2.75, 3.05) is 18.5 Å². The van der Waals surface area contributed by atoms with Gasteiger partial charge in [0, 0.05) is 43.7 Å². The van der Waals surface area contributed by atoms with E-state index in [0.29, 0.717) is 30.7 Å². The van der Waals surface area contributed by atoms with Crippen molar-refractivity contribution < 1.29 is 17.9 Å². The predicted octanol–water partition coefficient (Wildman–Crippen LogP) is 3.56. The highest BCUT2D eigenvalue weighted by Crippen LogP contribution is 2.31. The van der Waals surface area contributed by atoms with E-state index in [9.17, 15) is 13.2 Å². The standard InChI is InChI=1S/C23H26N4O4S2/c28-22(27-23-25-10-13-32-23)21(14-17-7-11-31-12-8-17)19-3-5-20(6-4-19)33(29,30)26-16-18-2-1-9-24-15-18/h1-6,9-10,13,15,17,21,26H,7-8,11-12,14,16H2,(H,25,27,28). The molecule has 0 spiro atoms. The first kappa shape index (κ1) is 23.5. The van der Waals surface area contributed by atoms with Gasteiger partial charge in [-0.2, -0.15) is 0 Å². The van der Waals surface area contributed by atoms with Gasteiger partial charge in [-0.1, -0.05) is 18.2 Å². The number of aromatic nitrogens is 2. The lowest BCUT2D eigenvalue weighted by atomic mass is 9.84. The van der Waals surface area contributed by atoms with E-state index >= 15 is 0 Å². The number of benzene rings is 1. The molecule has 8 nitrogen and oxygen atoms in total. The summed E-state index contributed by atoms with van der Waals surface area (Å²) in [4.78, 5) is 21.4. The van der Waals surface area contributed by atoms with E-state index in [1.807, 2.05) is 0 Å². The van der Waals surface area contributed by atoms with Crippen molar-refractivity contribution in [1.82, 2.24) is 14.7 Å². The van der Waals surface area contributed by atoms with Crippen LogP contribution in [0.25, 0.3) is 0 Å². The Morgan fingerprint density at radius 2 is 1.94 bits per heavy atom. The summed E-state index contributed by atoms with van der Waals surface area (Å²) in [6.07, 6.45) is 7.39. The second-order valence-corrected chi connectivity index (χ2v) is 10.6. The first-order valence-electron chi connectivity index (χ1n) is 10.8. The Bertz CT molecular complexity index is 1130. The predicted molar refractivity (Wildman–Crippen MR) is 126 cm³/mol. The summed E-state index contributed by atoms with van der Waals surface area (Å²) in [5, 5.41) is 5.25. The van der Waals surface area contributed by atoms with Gasteiger partial charge in [-0.15, -0.1) is 11.3 Å². The normalized spacial score (nSPS) is 15.8. The molecule has 0 bridgehead atoms. The highest BCUT2D eigenvalue weighted by Gasteiger charge is 2.27. The van der Waals surface area contributed by atoms with Crippen molar-refractivity contribution >= 4 is 32.4 Å². The molecule has 3 aromatic rings. The number of nitrogens with zero attached hydrogens (tertiary/aromatic N) is 2. The zero-order valence-corrected chi connectivity index (χ0v) is 19.6. The Morgan fingerprint density at radius 1 is 1.15 bits per heavy atom. The number of sulfonamides is 1. The van der Waals surface area contributed by atoms with E-state index in [0.717, 1.165) is 24.0 Å². The largest absolute Gasteiger partial charge is 0.381 e. The maximum absolute atomic E-state index is 13.1. The van der Waals surface area contributed by atoms with Gasteiger partial charge >= 0.3 is 0 Å². The topological polar surface area (TPSA) is 110 Å². The van der Waals surface area contributed by atoms with Crippen molar-refractivity contribution in [3.8, 4) is 0 Å². The highest BCUT2D eigenvalue weighted by molar-refractivity contribution is 7.89. The van der Waals surface area contributed by atoms with Crippen LogP contribution < -0.4 is 10.0 Å². The maximum Gasteiger partial charge on any atom is 0.240 e. The number of hydrogen-bond donors (Lipinski definition) is 2. The van der Waals surface area contributed by atoms with Crippen LogP contribution in [0.4, 0.5) is 5.13 Å². The number of hydrogen-bond acceptors (Lipinski definition) is 7. The molecule has 3 heterocycles. The summed E-state index contributed by atoms with van der Waals surface area (Å²) in [6, 6.07) is 10.1. The van der Waals surface area contributed by atoms with Gasteiger partial charge in [-0.3, -0.25) is 9.78 Å². The zero-order chi connectivity index (χ0) is 23.1. The van der Waals surface area contributed by atoms with E-state index in [1.165, 1.54) is 11.3 Å². The fraction of sp³-hybridized carbons (Fsp3) is 0.348. The quantitative estimate of drug-likeness (QED) is 0.479. The summed E-state index contributed by atoms with van der Waals surface area (Å²) in [5.74, 6) is -0.172. The number of rotatable bonds is 9. The molecule has 2 aromatic heterocycles. The number of carbonyl (C=O) groups excluding carboxylic acids is 1. The Balaban J connectivity index is 1.49. The Kier molecular flexibility index (Phi) is 7.81. The Morgan fingerprint density at radius 3 is 2.61 bits per heavy atom. The molecule has 33 heavy (non-hydrogen) atoms. The van der Waals surface area contributed by atoms with Crippen LogP contribution in [0.3, 0.4) is 0 Å². The monoisotopic (exact) mass is 486 g/mol. The van der Waals surface area contributed by atoms with Gasteiger partial charge < -0.3 is 10.1 Å². The minimum absolute atomic E-state index is 0.137. The van der Waals surface area contributed by atoms with Gasteiger partial charge in [0.25, 0.3) is 0 Å². The van der Waals surface area contributed by atoms with Crippen LogP contribution in [0.15, 0.2) is 65.3 Å². The zero-order valence-electron chi connectivity index (χ0n) is 18.0. The van der Waals surface area contributed by atoms with E-state index in [1.54, 1.807) is 60.4 Å². The third-order valence-corrected chi connectivity index (χ3v) is 7.78. The summed E-state index contributed by atoms with van der Waals surface area (Å²) in [6.45, 7) is 1.55. The average Bonchev–Trinajstić information content (AvgIpc) is 3.36. The average molecular weight is 487 g/mol. The number of nitrogens with one attached hydrogen (secondary N) is 2. The lowest BCUT2D eigenvalue weighted by Crippen LogP contribution is -2.26. The van der Waals surface area contributed by atoms with Crippen LogP contribution in [-0.4, -0.2) is 37.5 Å². The fourth-order valence-corrected chi connectivity index (χ4v) is 5.38. The molecular weight excluding hydrogens is 460 g/mol. The van der Waals surface area contributed by atoms with Gasteiger partial charge in [0.1, 0.15) is 0 Å². The molecule has 1 amide bonds. The molecule has 4 rings (SSSR count). The number of thiazole rings is 1. The second-order valence-electron chi connectivity index (χ2n) is 7.93. The SMILES string of the molecule is O=C(Nc1nccs1)C(CC1CCOCC1)c1ccc(S(=O)(=O)NCc2cccnc2)cc1. The number of anilines is 1. The van der Waals surface area contributed by atoms with Crippen LogP contribution >= 0.6 is 11.3 Å². The highest BCUT2D eigenvalue weighted by atomic mass is 32.2. The molecule has 1 aliphatic heterocycles. The van der Waals surface area contributed by atoms with Crippen molar-refractivity contribution in [2.24, 2.45) is 5.92 Å². The minimum atomic E-state index is -3.69. The molecule has 0 aliphatic carbocycles. The Labute approximate surface area is 197 Å². The lowest BCUT2D eigenvalue weighted by Gasteiger charge is -2.26. The number of amides is 1. The first-order chi connectivity index (χ1) is 16.0.